The van der Waals surface area contributed by atoms with Crippen LogP contribution in [0.3, 0.4) is 0 Å². The number of para-hydroxylation sites is 3. The Hall–Kier alpha value is -8.98. The predicted molar refractivity (Wildman–Crippen MR) is 400 cm³/mol. The van der Waals surface area contributed by atoms with Crippen LogP contribution in [0.1, 0.15) is 197 Å². The molecule has 4 atom stereocenters. The SMILES string of the molecule is C.C.CCN(CC)C(=O)c1ccc(C2=CC3(CCCN(C(=O)OCc4ccccc4)CC3)Oc3ccccc32)cc1.CCN(CC)C(=O)c1ccc(C2=CC3(CCCNCC3)Oc3ccccc32)cc1.CCN(CC)C(=O)c1ccc(C2CC3(CCCNCC3)Oc3ccccc32)cc1. The standard InChI is InChI=1S/C33H36N2O4.C25H32N2O2.C25H30N2O2.2CH4/c1-3-34(4-2)31(36)27-17-15-26(16-18-27)29-23-33(39-30-14-9-8-13-28(29)30)19-10-21-35(22-20-33)32(37)38-24-25-11-6-5-7-12-25;2*1-3-27(4-2)24(28)20-12-10-19(11-13-20)22-18-25(14-7-16-26-17-15-25)29-23-9-6-5-8-21(22)23;;/h5-9,11-18,23H,3-4,10,19-22,24H2,1-2H3;5-6,8-13,22,26H,3-4,7,14-18H2,1-2H3;5-6,8-13,18,26H,3-4,7,14-17H2,1-2H3;2*1H4. The second-order valence-electron chi connectivity index (χ2n) is 26.3. The van der Waals surface area contributed by atoms with E-state index < -0.39 is 5.60 Å². The van der Waals surface area contributed by atoms with Crippen LogP contribution in [0.15, 0.2) is 188 Å². The highest BCUT2D eigenvalue weighted by atomic mass is 16.6. The summed E-state index contributed by atoms with van der Waals surface area (Å²) in [7, 11) is 0. The van der Waals surface area contributed by atoms with Gasteiger partial charge in [0.05, 0.1) is 0 Å². The van der Waals surface area contributed by atoms with Crippen molar-refractivity contribution in [2.24, 2.45) is 0 Å². The minimum absolute atomic E-state index is 0. The van der Waals surface area contributed by atoms with Gasteiger partial charge in [0.15, 0.2) is 0 Å². The van der Waals surface area contributed by atoms with Gasteiger partial charge in [-0.2, -0.15) is 0 Å². The monoisotopic (exact) mass is 1340 g/mol. The lowest BCUT2D eigenvalue weighted by Crippen LogP contribution is -2.42. The number of nitrogens with one attached hydrogen (secondary N) is 2. The first-order chi connectivity index (χ1) is 47.3. The maximum Gasteiger partial charge on any atom is 0.410 e. The van der Waals surface area contributed by atoms with E-state index in [0.717, 1.165) is 172 Å². The fourth-order valence-corrected chi connectivity index (χ4v) is 14.7. The zero-order valence-electron chi connectivity index (χ0n) is 57.8. The second-order valence-corrected chi connectivity index (χ2v) is 26.3. The zero-order valence-corrected chi connectivity index (χ0v) is 57.8. The van der Waals surface area contributed by atoms with Gasteiger partial charge in [-0.25, -0.2) is 4.79 Å². The minimum Gasteiger partial charge on any atom is -0.487 e. The summed E-state index contributed by atoms with van der Waals surface area (Å²) < 4.78 is 25.4. The van der Waals surface area contributed by atoms with E-state index in [2.05, 4.69) is 95.6 Å². The molecule has 524 valence electrons. The van der Waals surface area contributed by atoms with Crippen LogP contribution in [0.5, 0.6) is 17.2 Å². The van der Waals surface area contributed by atoms with Gasteiger partial charge in [0.1, 0.15) is 40.7 Å². The molecular formula is C85H106N6O8. The summed E-state index contributed by atoms with van der Waals surface area (Å²) in [6.07, 6.45) is 13.9. The molecule has 13 rings (SSSR count). The number of hydrogen-bond acceptors (Lipinski definition) is 10. The van der Waals surface area contributed by atoms with Gasteiger partial charge in [-0.3, -0.25) is 14.4 Å². The van der Waals surface area contributed by atoms with Crippen LogP contribution in [0.4, 0.5) is 4.79 Å². The van der Waals surface area contributed by atoms with Gasteiger partial charge in [-0.1, -0.05) is 136 Å². The molecule has 4 unspecified atom stereocenters. The van der Waals surface area contributed by atoms with Crippen molar-refractivity contribution in [2.45, 2.75) is 150 Å². The molecule has 6 aliphatic rings. The molecule has 0 saturated carbocycles. The highest BCUT2D eigenvalue weighted by Crippen LogP contribution is 2.49. The van der Waals surface area contributed by atoms with Crippen LogP contribution in [0.2, 0.25) is 0 Å². The quantitative estimate of drug-likeness (QED) is 0.108. The summed E-state index contributed by atoms with van der Waals surface area (Å²) in [5.41, 5.74) is 11.5. The first kappa shape index (κ1) is 74.2. The second kappa shape index (κ2) is 34.7. The summed E-state index contributed by atoms with van der Waals surface area (Å²) in [6.45, 7) is 21.9. The Bertz CT molecular complexity index is 3840. The maximum atomic E-state index is 12.9. The number of hydrogen-bond donors (Lipinski definition) is 2. The Balaban J connectivity index is 0.000000175. The molecule has 0 radical (unpaired) electrons. The molecule has 4 amide bonds. The molecule has 3 fully saturated rings. The number of fused-ring (bicyclic) bond motifs is 3. The van der Waals surface area contributed by atoms with Crippen molar-refractivity contribution >= 4 is 35.0 Å². The number of nitrogens with zero attached hydrogens (tertiary/aromatic N) is 4. The Kier molecular flexibility index (Phi) is 26.0. The summed E-state index contributed by atoms with van der Waals surface area (Å²) in [4.78, 5) is 58.4. The summed E-state index contributed by atoms with van der Waals surface area (Å²) in [5, 5.41) is 7.00. The number of carbonyl (C=O) groups is 4. The largest absolute Gasteiger partial charge is 0.487 e. The molecule has 0 aromatic heterocycles. The number of amides is 4. The summed E-state index contributed by atoms with van der Waals surface area (Å²) in [5.74, 6) is 3.38. The lowest BCUT2D eigenvalue weighted by Gasteiger charge is -2.42. The van der Waals surface area contributed by atoms with E-state index in [4.69, 9.17) is 18.9 Å². The first-order valence-corrected chi connectivity index (χ1v) is 35.7. The molecule has 7 aromatic rings. The van der Waals surface area contributed by atoms with Crippen molar-refractivity contribution in [1.29, 1.82) is 0 Å². The van der Waals surface area contributed by atoms with Gasteiger partial charge in [0.25, 0.3) is 17.7 Å². The van der Waals surface area contributed by atoms with Crippen LogP contribution in [0.25, 0.3) is 11.1 Å². The van der Waals surface area contributed by atoms with E-state index in [0.29, 0.717) is 44.1 Å². The molecule has 14 nitrogen and oxygen atoms in total. The van der Waals surface area contributed by atoms with E-state index in [1.165, 1.54) is 16.7 Å². The lowest BCUT2D eigenvalue weighted by molar-refractivity contribution is 0.0281. The van der Waals surface area contributed by atoms with Crippen LogP contribution in [0, 0.1) is 0 Å². The molecule has 6 aliphatic heterocycles. The van der Waals surface area contributed by atoms with Crippen molar-refractivity contribution in [2.75, 3.05) is 78.5 Å². The van der Waals surface area contributed by atoms with E-state index >= 15 is 0 Å². The molecule has 3 spiro atoms. The van der Waals surface area contributed by atoms with Crippen molar-refractivity contribution in [3.63, 3.8) is 0 Å². The average molecular weight is 1340 g/mol. The van der Waals surface area contributed by atoms with Gasteiger partial charge >= 0.3 is 6.09 Å². The highest BCUT2D eigenvalue weighted by Gasteiger charge is 2.43. The number of rotatable bonds is 14. The van der Waals surface area contributed by atoms with Gasteiger partial charge in [0.2, 0.25) is 0 Å². The minimum atomic E-state index is -0.520. The third-order valence-electron chi connectivity index (χ3n) is 20.3. The Morgan fingerprint density at radius 3 is 1.42 bits per heavy atom. The molecule has 7 aromatic carbocycles. The third kappa shape index (κ3) is 17.5. The van der Waals surface area contributed by atoms with E-state index in [-0.39, 0.29) is 56.5 Å². The van der Waals surface area contributed by atoms with Crippen molar-refractivity contribution < 1.29 is 38.1 Å². The Morgan fingerprint density at radius 2 is 0.899 bits per heavy atom. The Morgan fingerprint density at radius 1 is 0.455 bits per heavy atom. The van der Waals surface area contributed by atoms with Gasteiger partial charge in [-0.05, 0) is 219 Å². The molecular weight excluding hydrogens is 1230 g/mol. The van der Waals surface area contributed by atoms with Gasteiger partial charge < -0.3 is 49.2 Å². The summed E-state index contributed by atoms with van der Waals surface area (Å²) >= 11 is 0. The number of benzene rings is 7. The van der Waals surface area contributed by atoms with Gasteiger partial charge in [-0.15, -0.1) is 0 Å². The molecule has 0 bridgehead atoms. The molecule has 0 aliphatic carbocycles. The van der Waals surface area contributed by atoms with Crippen LogP contribution in [-0.4, -0.2) is 139 Å². The topological polar surface area (TPSA) is 142 Å². The normalized spacial score (nSPS) is 20.3. The molecule has 14 heteroatoms. The lowest BCUT2D eigenvalue weighted by atomic mass is 9.75. The fourth-order valence-electron chi connectivity index (χ4n) is 14.7. The highest BCUT2D eigenvalue weighted by molar-refractivity contribution is 5.96. The Labute approximate surface area is 589 Å². The maximum absolute atomic E-state index is 12.9. The zero-order chi connectivity index (χ0) is 67.8. The summed E-state index contributed by atoms with van der Waals surface area (Å²) in [6, 6.07) is 58.8. The van der Waals surface area contributed by atoms with Crippen LogP contribution < -0.4 is 24.8 Å². The number of carbonyl (C=O) groups excluding carboxylic acids is 4. The van der Waals surface area contributed by atoms with E-state index in [1.54, 1.807) is 4.90 Å². The molecule has 2 N–H and O–H groups in total. The van der Waals surface area contributed by atoms with Crippen LogP contribution >= 0.6 is 0 Å². The van der Waals surface area contributed by atoms with Crippen molar-refractivity contribution in [3.8, 4) is 17.2 Å². The third-order valence-corrected chi connectivity index (χ3v) is 20.3. The van der Waals surface area contributed by atoms with Crippen molar-refractivity contribution in [1.82, 2.24) is 30.2 Å². The molecule has 99 heavy (non-hydrogen) atoms. The van der Waals surface area contributed by atoms with Crippen molar-refractivity contribution in [3.05, 3.63) is 244 Å². The van der Waals surface area contributed by atoms with E-state index in [1.807, 2.05) is 159 Å². The smallest absolute Gasteiger partial charge is 0.410 e. The first-order valence-electron chi connectivity index (χ1n) is 35.7. The number of likely N-dealkylation sites (tertiary alicyclic amines) is 1. The average Bonchev–Trinajstić information content (AvgIpc) is 1.53. The molecule has 3 saturated heterocycles. The predicted octanol–water partition coefficient (Wildman–Crippen LogP) is 16.9. The fraction of sp³-hybridized carbons (Fsp3) is 0.412. The number of ether oxygens (including phenoxy) is 4. The molecule has 6 heterocycles. The van der Waals surface area contributed by atoms with Crippen LogP contribution in [-0.2, 0) is 11.3 Å². The van der Waals surface area contributed by atoms with Gasteiger partial charge in [0, 0.05) is 104 Å². The van der Waals surface area contributed by atoms with E-state index in [9.17, 15) is 19.2 Å².